The summed E-state index contributed by atoms with van der Waals surface area (Å²) in [6.07, 6.45) is 0.663. The molecular weight excluding hydrogens is 482 g/mol. The number of ether oxygens (including phenoxy) is 4. The zero-order valence-electron chi connectivity index (χ0n) is 20.8. The molecule has 2 saturated heterocycles. The maximum Gasteiger partial charge on any atom is 0.243 e. The van der Waals surface area contributed by atoms with E-state index < -0.39 is 22.2 Å². The van der Waals surface area contributed by atoms with E-state index in [0.717, 1.165) is 12.0 Å². The maximum absolute atomic E-state index is 14.2. The van der Waals surface area contributed by atoms with Crippen molar-refractivity contribution in [1.29, 1.82) is 0 Å². The number of sulfonamides is 1. The minimum atomic E-state index is -3.97. The van der Waals surface area contributed by atoms with Gasteiger partial charge in [-0.05, 0) is 42.9 Å². The molecule has 2 fully saturated rings. The molecule has 8 nitrogen and oxygen atoms in total. The van der Waals surface area contributed by atoms with Crippen molar-refractivity contribution in [2.45, 2.75) is 56.4 Å². The van der Waals surface area contributed by atoms with Gasteiger partial charge in [-0.2, -0.15) is 4.31 Å². The van der Waals surface area contributed by atoms with Crippen LogP contribution in [0, 0.1) is 17.8 Å². The van der Waals surface area contributed by atoms with Gasteiger partial charge in [-0.1, -0.05) is 44.2 Å². The van der Waals surface area contributed by atoms with Crippen molar-refractivity contribution >= 4 is 10.0 Å². The summed E-state index contributed by atoms with van der Waals surface area (Å²) in [6.45, 7) is 5.26. The zero-order chi connectivity index (χ0) is 25.3. The Morgan fingerprint density at radius 2 is 1.83 bits per heavy atom. The van der Waals surface area contributed by atoms with Crippen LogP contribution in [0.15, 0.2) is 53.4 Å². The minimum Gasteiger partial charge on any atom is -0.454 e. The average molecular weight is 518 g/mol. The van der Waals surface area contributed by atoms with Gasteiger partial charge < -0.3 is 24.1 Å². The topological polar surface area (TPSA) is 94.5 Å². The largest absolute Gasteiger partial charge is 0.454 e. The number of fused-ring (bicyclic) bond motifs is 2. The molecule has 5 atom stereocenters. The first-order valence-corrected chi connectivity index (χ1v) is 14.2. The predicted octanol–water partition coefficient (Wildman–Crippen LogP) is 3.43. The monoisotopic (exact) mass is 517 g/mol. The van der Waals surface area contributed by atoms with Gasteiger partial charge >= 0.3 is 0 Å². The quantitative estimate of drug-likeness (QED) is 0.516. The van der Waals surface area contributed by atoms with E-state index >= 15 is 0 Å². The van der Waals surface area contributed by atoms with Crippen LogP contribution in [0.2, 0.25) is 0 Å². The number of aryl methyl sites for hydroxylation is 1. The molecule has 0 aromatic heterocycles. The summed E-state index contributed by atoms with van der Waals surface area (Å²) in [5.74, 6) is 0.860. The van der Waals surface area contributed by atoms with E-state index in [1.165, 1.54) is 10.4 Å². The Morgan fingerprint density at radius 1 is 1.06 bits per heavy atom. The molecule has 5 unspecified atom stereocenters. The molecule has 36 heavy (non-hydrogen) atoms. The molecule has 196 valence electrons. The molecule has 0 spiro atoms. The molecule has 3 heterocycles. The smallest absolute Gasteiger partial charge is 0.243 e. The summed E-state index contributed by atoms with van der Waals surface area (Å²) in [7, 11) is -3.97. The Kier molecular flexibility index (Phi) is 7.55. The lowest BCUT2D eigenvalue weighted by atomic mass is 9.82. The van der Waals surface area contributed by atoms with Crippen molar-refractivity contribution in [3.8, 4) is 11.5 Å². The second-order valence-corrected chi connectivity index (χ2v) is 12.1. The van der Waals surface area contributed by atoms with Crippen LogP contribution in [-0.2, 0) is 25.9 Å². The summed E-state index contributed by atoms with van der Waals surface area (Å²) in [4.78, 5) is 0.130. The van der Waals surface area contributed by atoms with Crippen molar-refractivity contribution in [2.75, 3.05) is 26.6 Å². The number of nitrogens with zero attached hydrogens (tertiary/aromatic N) is 1. The minimum absolute atomic E-state index is 0.0444. The molecule has 0 aliphatic carbocycles. The number of aliphatic hydroxyl groups excluding tert-OH is 1. The number of benzene rings is 2. The van der Waals surface area contributed by atoms with Crippen LogP contribution in [0.4, 0.5) is 0 Å². The van der Waals surface area contributed by atoms with Crippen LogP contribution < -0.4 is 9.47 Å². The molecule has 5 rings (SSSR count). The summed E-state index contributed by atoms with van der Waals surface area (Å²) >= 11 is 0. The third-order valence-corrected chi connectivity index (χ3v) is 9.18. The molecule has 3 aliphatic rings. The standard InChI is InChI=1S/C27H35NO7S/c1-18(2)15-28(36(30,31)20-9-11-24-25(14-20)35-17-34-24)26(22-16-33-27-21(22)12-13-32-27)23(29)10-8-19-6-4-3-5-7-19/h3-7,9,11,14,18,21-23,26-27,29H,8,10,12-13,15-17H2,1-2H3. The van der Waals surface area contributed by atoms with E-state index in [2.05, 4.69) is 0 Å². The van der Waals surface area contributed by atoms with E-state index in [-0.39, 0.29) is 42.3 Å². The molecule has 0 saturated carbocycles. The van der Waals surface area contributed by atoms with Gasteiger partial charge in [0.1, 0.15) is 0 Å². The van der Waals surface area contributed by atoms with Crippen LogP contribution in [0.25, 0.3) is 0 Å². The van der Waals surface area contributed by atoms with E-state index in [1.807, 2.05) is 44.2 Å². The van der Waals surface area contributed by atoms with Crippen molar-refractivity contribution in [3.05, 3.63) is 54.1 Å². The SMILES string of the molecule is CC(C)CN(C(C(O)CCc1ccccc1)C1COC2OCCC21)S(=O)(=O)c1ccc2c(c1)OCO2. The van der Waals surface area contributed by atoms with Gasteiger partial charge in [0.15, 0.2) is 17.8 Å². The van der Waals surface area contributed by atoms with Crippen molar-refractivity contribution in [1.82, 2.24) is 4.31 Å². The first kappa shape index (κ1) is 25.5. The number of rotatable bonds is 10. The Hall–Kier alpha value is -2.17. The highest BCUT2D eigenvalue weighted by atomic mass is 32.2. The number of hydrogen-bond acceptors (Lipinski definition) is 7. The molecular formula is C27H35NO7S. The number of hydrogen-bond donors (Lipinski definition) is 1. The van der Waals surface area contributed by atoms with Gasteiger partial charge in [-0.15, -0.1) is 0 Å². The van der Waals surface area contributed by atoms with E-state index in [1.54, 1.807) is 12.1 Å². The molecule has 0 radical (unpaired) electrons. The fourth-order valence-corrected chi connectivity index (χ4v) is 7.46. The maximum atomic E-state index is 14.2. The van der Waals surface area contributed by atoms with Gasteiger partial charge in [0.25, 0.3) is 0 Å². The van der Waals surface area contributed by atoms with Gasteiger partial charge in [0, 0.05) is 24.4 Å². The van der Waals surface area contributed by atoms with Crippen LogP contribution in [-0.4, -0.2) is 62.8 Å². The third kappa shape index (κ3) is 5.13. The molecule has 2 aromatic carbocycles. The summed E-state index contributed by atoms with van der Waals surface area (Å²) in [6, 6.07) is 14.0. The second-order valence-electron chi connectivity index (χ2n) is 10.3. The normalized spacial score (nSPS) is 24.9. The first-order chi connectivity index (χ1) is 17.3. The van der Waals surface area contributed by atoms with E-state index in [9.17, 15) is 13.5 Å². The Balaban J connectivity index is 1.50. The van der Waals surface area contributed by atoms with E-state index in [4.69, 9.17) is 18.9 Å². The van der Waals surface area contributed by atoms with Crippen molar-refractivity contribution in [3.63, 3.8) is 0 Å². The fourth-order valence-electron chi connectivity index (χ4n) is 5.58. The van der Waals surface area contributed by atoms with Crippen LogP contribution in [0.3, 0.4) is 0 Å². The summed E-state index contributed by atoms with van der Waals surface area (Å²) in [5.41, 5.74) is 1.11. The lowest BCUT2D eigenvalue weighted by Crippen LogP contribution is -2.54. The fraction of sp³-hybridized carbons (Fsp3) is 0.556. The first-order valence-electron chi connectivity index (χ1n) is 12.7. The van der Waals surface area contributed by atoms with Crippen LogP contribution in [0.1, 0.15) is 32.3 Å². The van der Waals surface area contributed by atoms with Crippen LogP contribution >= 0.6 is 0 Å². The summed E-state index contributed by atoms with van der Waals surface area (Å²) < 4.78 is 52.4. The highest BCUT2D eigenvalue weighted by Gasteiger charge is 2.51. The van der Waals surface area contributed by atoms with Gasteiger partial charge in [-0.3, -0.25) is 0 Å². The zero-order valence-corrected chi connectivity index (χ0v) is 21.6. The Bertz CT molecular complexity index is 1140. The highest BCUT2D eigenvalue weighted by molar-refractivity contribution is 7.89. The lowest BCUT2D eigenvalue weighted by molar-refractivity contribution is -0.0907. The predicted molar refractivity (Wildman–Crippen MR) is 133 cm³/mol. The van der Waals surface area contributed by atoms with Crippen LogP contribution in [0.5, 0.6) is 11.5 Å². The molecule has 0 amide bonds. The lowest BCUT2D eigenvalue weighted by Gasteiger charge is -2.39. The molecule has 3 aliphatic heterocycles. The molecule has 9 heteroatoms. The Labute approximate surface area is 213 Å². The van der Waals surface area contributed by atoms with E-state index in [0.29, 0.717) is 37.6 Å². The van der Waals surface area contributed by atoms with Crippen molar-refractivity contribution < 1.29 is 32.5 Å². The van der Waals surface area contributed by atoms with Gasteiger partial charge in [-0.25, -0.2) is 8.42 Å². The summed E-state index contributed by atoms with van der Waals surface area (Å²) in [5, 5.41) is 11.7. The van der Waals surface area contributed by atoms with Crippen molar-refractivity contribution in [2.24, 2.45) is 17.8 Å². The molecule has 0 bridgehead atoms. The highest BCUT2D eigenvalue weighted by Crippen LogP contribution is 2.42. The third-order valence-electron chi connectivity index (χ3n) is 7.32. The second kappa shape index (κ2) is 10.7. The Morgan fingerprint density at radius 3 is 2.61 bits per heavy atom. The molecule has 1 N–H and O–H groups in total. The number of aliphatic hydroxyl groups is 1. The van der Waals surface area contributed by atoms with Gasteiger partial charge in [0.05, 0.1) is 30.3 Å². The average Bonchev–Trinajstić information content (AvgIpc) is 3.60. The molecule has 2 aromatic rings. The van der Waals surface area contributed by atoms with Gasteiger partial charge in [0.2, 0.25) is 16.8 Å².